The number of aliphatic carboxylic acids is 1. The summed E-state index contributed by atoms with van der Waals surface area (Å²) in [6, 6.07) is 1.73. The van der Waals surface area contributed by atoms with Gasteiger partial charge in [0.25, 0.3) is 5.97 Å². The topological polar surface area (TPSA) is 76.2 Å². The Kier molecular flexibility index (Phi) is 5.72. The average Bonchev–Trinajstić information content (AvgIpc) is 1.96. The molecule has 0 radical (unpaired) electrons. The van der Waals surface area contributed by atoms with E-state index in [1.165, 1.54) is 0 Å². The predicted molar refractivity (Wildman–Crippen MR) is 59.7 cm³/mol. The number of carbonyl (C=O) groups is 1. The predicted octanol–water partition coefficient (Wildman–Crippen LogP) is 2.01. The van der Waals surface area contributed by atoms with E-state index < -0.39 is 5.97 Å². The molecular weight excluding hydrogens is 306 g/mol. The highest BCUT2D eigenvalue weighted by atomic mass is 127. The summed E-state index contributed by atoms with van der Waals surface area (Å²) < 4.78 is 0.856. The van der Waals surface area contributed by atoms with Crippen molar-refractivity contribution in [3.63, 3.8) is 0 Å². The summed E-state index contributed by atoms with van der Waals surface area (Å²) in [5, 5.41) is 7.93. The van der Waals surface area contributed by atoms with Crippen molar-refractivity contribution in [1.29, 1.82) is 0 Å². The Labute approximate surface area is 94.2 Å². The molecular formula is C7H8ClIN2O2. The number of nitrogens with two attached hydrogens (primary N) is 1. The molecule has 0 aliphatic rings. The van der Waals surface area contributed by atoms with Gasteiger partial charge in [-0.1, -0.05) is 11.6 Å². The Bertz CT molecular complexity index is 303. The van der Waals surface area contributed by atoms with Gasteiger partial charge < -0.3 is 10.8 Å². The first-order valence-corrected chi connectivity index (χ1v) is 4.65. The Hall–Kier alpha value is -0.560. The highest BCUT2D eigenvalue weighted by Gasteiger charge is 1.94. The molecule has 6 heteroatoms. The number of aromatic nitrogens is 1. The Morgan fingerprint density at radius 1 is 1.77 bits per heavy atom. The van der Waals surface area contributed by atoms with Gasteiger partial charge in [-0.15, -0.1) is 0 Å². The van der Waals surface area contributed by atoms with E-state index in [2.05, 4.69) is 27.6 Å². The van der Waals surface area contributed by atoms with Gasteiger partial charge in [0.1, 0.15) is 3.70 Å². The van der Waals surface area contributed by atoms with Gasteiger partial charge in [-0.2, -0.15) is 0 Å². The van der Waals surface area contributed by atoms with Crippen LogP contribution in [-0.2, 0) is 4.79 Å². The van der Waals surface area contributed by atoms with Crippen LogP contribution in [0, 0.1) is 3.70 Å². The molecule has 0 fully saturated rings. The second-order valence-electron chi connectivity index (χ2n) is 2.05. The van der Waals surface area contributed by atoms with E-state index in [1.54, 1.807) is 12.3 Å². The van der Waals surface area contributed by atoms with Crippen molar-refractivity contribution in [2.45, 2.75) is 6.92 Å². The van der Waals surface area contributed by atoms with Crippen LogP contribution < -0.4 is 5.73 Å². The van der Waals surface area contributed by atoms with E-state index >= 15 is 0 Å². The van der Waals surface area contributed by atoms with E-state index in [-0.39, 0.29) is 0 Å². The minimum atomic E-state index is -0.833. The van der Waals surface area contributed by atoms with E-state index in [0.717, 1.165) is 10.6 Å². The third-order valence-corrected chi connectivity index (χ3v) is 1.76. The summed E-state index contributed by atoms with van der Waals surface area (Å²) in [5.74, 6) is -0.833. The van der Waals surface area contributed by atoms with Gasteiger partial charge in [0.05, 0.1) is 10.7 Å². The van der Waals surface area contributed by atoms with E-state index in [4.69, 9.17) is 27.2 Å². The van der Waals surface area contributed by atoms with Crippen LogP contribution in [-0.4, -0.2) is 16.1 Å². The third kappa shape index (κ3) is 6.59. The van der Waals surface area contributed by atoms with Crippen LogP contribution in [0.2, 0.25) is 5.02 Å². The first-order valence-electron chi connectivity index (χ1n) is 3.19. The quantitative estimate of drug-likeness (QED) is 0.567. The van der Waals surface area contributed by atoms with Crippen LogP contribution in [0.15, 0.2) is 12.3 Å². The molecule has 0 amide bonds. The maximum atomic E-state index is 9.00. The lowest BCUT2D eigenvalue weighted by Crippen LogP contribution is -1.88. The van der Waals surface area contributed by atoms with Crippen molar-refractivity contribution in [3.05, 3.63) is 21.0 Å². The van der Waals surface area contributed by atoms with Gasteiger partial charge in [0, 0.05) is 13.1 Å². The maximum Gasteiger partial charge on any atom is 0.300 e. The fourth-order valence-electron chi connectivity index (χ4n) is 0.427. The minimum Gasteiger partial charge on any atom is -0.481 e. The highest BCUT2D eigenvalue weighted by molar-refractivity contribution is 14.1. The first-order chi connectivity index (χ1) is 5.93. The summed E-state index contributed by atoms with van der Waals surface area (Å²) in [7, 11) is 0. The van der Waals surface area contributed by atoms with E-state index in [0.29, 0.717) is 10.7 Å². The SMILES string of the molecule is CC(=O)O.Nc1cc(I)ncc1Cl. The number of hydrogen-bond donors (Lipinski definition) is 2. The molecule has 0 aromatic carbocycles. The molecule has 0 atom stereocenters. The molecule has 0 spiro atoms. The van der Waals surface area contributed by atoms with Gasteiger partial charge in [-0.05, 0) is 28.7 Å². The zero-order chi connectivity index (χ0) is 10.4. The molecule has 3 N–H and O–H groups in total. The highest BCUT2D eigenvalue weighted by Crippen LogP contribution is 2.17. The Balaban J connectivity index is 0.000000310. The van der Waals surface area contributed by atoms with E-state index in [9.17, 15) is 0 Å². The Morgan fingerprint density at radius 2 is 2.23 bits per heavy atom. The number of rotatable bonds is 0. The molecule has 1 aromatic rings. The molecule has 0 saturated heterocycles. The van der Waals surface area contributed by atoms with Crippen LogP contribution in [0.4, 0.5) is 5.69 Å². The summed E-state index contributed by atoms with van der Waals surface area (Å²) in [5.41, 5.74) is 6.02. The van der Waals surface area contributed by atoms with Crippen molar-refractivity contribution in [2.75, 3.05) is 5.73 Å². The summed E-state index contributed by atoms with van der Waals surface area (Å²) in [6.45, 7) is 1.08. The van der Waals surface area contributed by atoms with Gasteiger partial charge in [0.2, 0.25) is 0 Å². The second-order valence-corrected chi connectivity index (χ2v) is 3.56. The van der Waals surface area contributed by atoms with E-state index in [1.807, 2.05) is 0 Å². The van der Waals surface area contributed by atoms with Crippen LogP contribution in [0.1, 0.15) is 6.92 Å². The fraction of sp³-hybridized carbons (Fsp3) is 0.143. The lowest BCUT2D eigenvalue weighted by atomic mass is 10.4. The number of halogens is 2. The van der Waals surface area contributed by atoms with Crippen molar-refractivity contribution in [1.82, 2.24) is 4.98 Å². The lowest BCUT2D eigenvalue weighted by Gasteiger charge is -1.94. The monoisotopic (exact) mass is 314 g/mol. The number of hydrogen-bond acceptors (Lipinski definition) is 3. The van der Waals surface area contributed by atoms with Gasteiger partial charge >= 0.3 is 0 Å². The normalized spacial score (nSPS) is 8.54. The smallest absolute Gasteiger partial charge is 0.300 e. The van der Waals surface area contributed by atoms with Crippen LogP contribution in [0.3, 0.4) is 0 Å². The average molecular weight is 315 g/mol. The summed E-state index contributed by atoms with van der Waals surface area (Å²) >= 11 is 7.66. The molecule has 0 saturated carbocycles. The van der Waals surface area contributed by atoms with Crippen LogP contribution >= 0.6 is 34.2 Å². The van der Waals surface area contributed by atoms with Gasteiger partial charge in [0.15, 0.2) is 0 Å². The molecule has 0 unspecified atom stereocenters. The van der Waals surface area contributed by atoms with Crippen LogP contribution in [0.25, 0.3) is 0 Å². The number of carboxylic acids is 1. The molecule has 0 aliphatic carbocycles. The second kappa shape index (κ2) is 5.98. The van der Waals surface area contributed by atoms with Crippen molar-refractivity contribution >= 4 is 45.8 Å². The first kappa shape index (κ1) is 12.4. The number of nitrogen functional groups attached to an aromatic ring is 1. The molecule has 13 heavy (non-hydrogen) atoms. The van der Waals surface area contributed by atoms with Crippen molar-refractivity contribution < 1.29 is 9.90 Å². The lowest BCUT2D eigenvalue weighted by molar-refractivity contribution is -0.134. The fourth-order valence-corrected chi connectivity index (χ4v) is 1.01. The maximum absolute atomic E-state index is 9.00. The largest absolute Gasteiger partial charge is 0.481 e. The van der Waals surface area contributed by atoms with Crippen LogP contribution in [0.5, 0.6) is 0 Å². The third-order valence-electron chi connectivity index (χ3n) is 0.852. The number of carboxylic acid groups (broad SMARTS) is 1. The zero-order valence-corrected chi connectivity index (χ0v) is 9.70. The zero-order valence-electron chi connectivity index (χ0n) is 6.79. The van der Waals surface area contributed by atoms with Gasteiger partial charge in [-0.25, -0.2) is 4.98 Å². The molecule has 72 valence electrons. The molecule has 4 nitrogen and oxygen atoms in total. The number of anilines is 1. The Morgan fingerprint density at radius 3 is 2.54 bits per heavy atom. The summed E-state index contributed by atoms with van der Waals surface area (Å²) in [4.78, 5) is 12.9. The molecule has 1 rings (SSSR count). The molecule has 1 aromatic heterocycles. The minimum absolute atomic E-state index is 0.510. The number of pyridine rings is 1. The summed E-state index contributed by atoms with van der Waals surface area (Å²) in [6.07, 6.45) is 1.54. The molecule has 0 aliphatic heterocycles. The molecule has 0 bridgehead atoms. The number of nitrogens with zero attached hydrogens (tertiary/aromatic N) is 1. The van der Waals surface area contributed by atoms with Crippen molar-refractivity contribution in [3.8, 4) is 0 Å². The van der Waals surface area contributed by atoms with Crippen molar-refractivity contribution in [2.24, 2.45) is 0 Å². The van der Waals surface area contributed by atoms with Gasteiger partial charge in [-0.3, -0.25) is 4.79 Å². The molecule has 1 heterocycles. The standard InChI is InChI=1S/C5H4ClIN2.C2H4O2/c6-3-2-9-5(7)1-4(3)8;1-2(3)4/h1-2H,(H2,8,9);1H3,(H,3,4).